The van der Waals surface area contributed by atoms with Crippen LogP contribution in [0.3, 0.4) is 0 Å². The summed E-state index contributed by atoms with van der Waals surface area (Å²) >= 11 is 3.37. The summed E-state index contributed by atoms with van der Waals surface area (Å²) in [5.74, 6) is -0.360. The van der Waals surface area contributed by atoms with Crippen molar-refractivity contribution in [3.05, 3.63) is 21.9 Å². The molecule has 1 amide bonds. The van der Waals surface area contributed by atoms with Crippen LogP contribution < -0.4 is 5.32 Å². The van der Waals surface area contributed by atoms with Gasteiger partial charge >= 0.3 is 5.97 Å². The summed E-state index contributed by atoms with van der Waals surface area (Å²) in [5, 5.41) is 14.4. The molecular formula is C16H21NO3S2. The number of fused-ring (bicyclic) bond motifs is 1. The minimum Gasteiger partial charge on any atom is -0.481 e. The van der Waals surface area contributed by atoms with Crippen LogP contribution in [-0.2, 0) is 16.0 Å². The summed E-state index contributed by atoms with van der Waals surface area (Å²) in [7, 11) is 0. The summed E-state index contributed by atoms with van der Waals surface area (Å²) in [5.41, 5.74) is 0.486. The van der Waals surface area contributed by atoms with Gasteiger partial charge in [-0.3, -0.25) is 9.59 Å². The number of carbonyl (C=O) groups is 2. The van der Waals surface area contributed by atoms with Gasteiger partial charge in [0.2, 0.25) is 5.91 Å². The Morgan fingerprint density at radius 1 is 1.41 bits per heavy atom. The molecule has 3 rings (SSSR count). The first-order chi connectivity index (χ1) is 10.5. The standard InChI is InChI=1S/C16H21NO3S2/c1-16(7-3-2-4-11(16)15(19)20)17-14(18)13-10-5-8-21-12(10)6-9-22-13/h5,8,11,13H,2-4,6-7,9H2,1H3,(H,17,18)(H,19,20). The third kappa shape index (κ3) is 2.91. The van der Waals surface area contributed by atoms with E-state index in [0.717, 1.165) is 37.0 Å². The van der Waals surface area contributed by atoms with Crippen LogP contribution in [0.5, 0.6) is 0 Å². The molecule has 0 bridgehead atoms. The van der Waals surface area contributed by atoms with E-state index in [1.165, 1.54) is 4.88 Å². The smallest absolute Gasteiger partial charge is 0.308 e. The molecule has 22 heavy (non-hydrogen) atoms. The minimum absolute atomic E-state index is 0.0278. The van der Waals surface area contributed by atoms with Gasteiger partial charge in [0.25, 0.3) is 0 Å². The fraction of sp³-hybridized carbons (Fsp3) is 0.625. The highest BCUT2D eigenvalue weighted by molar-refractivity contribution is 8.00. The lowest BCUT2D eigenvalue weighted by Gasteiger charge is -2.40. The highest BCUT2D eigenvalue weighted by Gasteiger charge is 2.43. The van der Waals surface area contributed by atoms with E-state index in [2.05, 4.69) is 5.32 Å². The van der Waals surface area contributed by atoms with E-state index in [0.29, 0.717) is 6.42 Å². The molecule has 0 spiro atoms. The van der Waals surface area contributed by atoms with Gasteiger partial charge in [-0.25, -0.2) is 0 Å². The molecule has 1 aromatic rings. The molecule has 2 N–H and O–H groups in total. The zero-order valence-corrected chi connectivity index (χ0v) is 14.3. The molecular weight excluding hydrogens is 318 g/mol. The Balaban J connectivity index is 1.78. The van der Waals surface area contributed by atoms with Crippen molar-refractivity contribution in [3.63, 3.8) is 0 Å². The third-order valence-corrected chi connectivity index (χ3v) is 7.07. The van der Waals surface area contributed by atoms with Crippen molar-refractivity contribution in [3.8, 4) is 0 Å². The Labute approximate surface area is 138 Å². The summed E-state index contributed by atoms with van der Waals surface area (Å²) in [6, 6.07) is 2.04. The monoisotopic (exact) mass is 339 g/mol. The molecule has 0 saturated heterocycles. The van der Waals surface area contributed by atoms with Crippen molar-refractivity contribution in [1.29, 1.82) is 0 Å². The van der Waals surface area contributed by atoms with Crippen LogP contribution in [0.25, 0.3) is 0 Å². The fourth-order valence-electron chi connectivity index (χ4n) is 3.59. The zero-order valence-electron chi connectivity index (χ0n) is 12.6. The average Bonchev–Trinajstić information content (AvgIpc) is 2.95. The van der Waals surface area contributed by atoms with Crippen LogP contribution in [-0.4, -0.2) is 28.3 Å². The Hall–Kier alpha value is -1.01. The first-order valence-electron chi connectivity index (χ1n) is 7.74. The number of hydrogen-bond acceptors (Lipinski definition) is 4. The van der Waals surface area contributed by atoms with Crippen molar-refractivity contribution in [1.82, 2.24) is 5.32 Å². The molecule has 3 unspecified atom stereocenters. The van der Waals surface area contributed by atoms with Gasteiger partial charge in [-0.2, -0.15) is 0 Å². The van der Waals surface area contributed by atoms with Gasteiger partial charge in [0.05, 0.1) is 11.5 Å². The third-order valence-electron chi connectivity index (χ3n) is 4.83. The maximum Gasteiger partial charge on any atom is 0.308 e. The van der Waals surface area contributed by atoms with Gasteiger partial charge in [0.15, 0.2) is 0 Å². The molecule has 0 aromatic carbocycles. The SMILES string of the molecule is CC1(NC(=O)C2SCCc3sccc32)CCCCC1C(=O)O. The summed E-state index contributed by atoms with van der Waals surface area (Å²) in [4.78, 5) is 25.6. The lowest BCUT2D eigenvalue weighted by atomic mass is 9.73. The topological polar surface area (TPSA) is 66.4 Å². The van der Waals surface area contributed by atoms with Crippen molar-refractivity contribution < 1.29 is 14.7 Å². The molecule has 2 aliphatic rings. The molecule has 1 aromatic heterocycles. The maximum atomic E-state index is 12.8. The van der Waals surface area contributed by atoms with Crippen molar-refractivity contribution in [2.45, 2.75) is 49.8 Å². The van der Waals surface area contributed by atoms with Crippen molar-refractivity contribution >= 4 is 35.0 Å². The first kappa shape index (κ1) is 15.9. The number of rotatable bonds is 3. The maximum absolute atomic E-state index is 12.8. The number of aryl methyl sites for hydroxylation is 1. The second-order valence-corrected chi connectivity index (χ2v) is 8.56. The van der Waals surface area contributed by atoms with E-state index >= 15 is 0 Å². The number of aliphatic carboxylic acids is 1. The highest BCUT2D eigenvalue weighted by Crippen LogP contribution is 2.41. The average molecular weight is 339 g/mol. The number of carboxylic acids is 1. The molecule has 2 heterocycles. The largest absolute Gasteiger partial charge is 0.481 e. The second kappa shape index (κ2) is 6.24. The van der Waals surface area contributed by atoms with Crippen LogP contribution in [0, 0.1) is 5.92 Å². The van der Waals surface area contributed by atoms with Gasteiger partial charge in [0.1, 0.15) is 5.25 Å². The van der Waals surface area contributed by atoms with Crippen molar-refractivity contribution in [2.24, 2.45) is 5.92 Å². The zero-order chi connectivity index (χ0) is 15.7. The Morgan fingerprint density at radius 3 is 3.00 bits per heavy atom. The van der Waals surface area contributed by atoms with Gasteiger partial charge < -0.3 is 10.4 Å². The molecule has 4 nitrogen and oxygen atoms in total. The molecule has 1 saturated carbocycles. The second-order valence-electron chi connectivity index (χ2n) is 6.34. The van der Waals surface area contributed by atoms with E-state index < -0.39 is 17.4 Å². The highest BCUT2D eigenvalue weighted by atomic mass is 32.2. The fourth-order valence-corrected chi connectivity index (χ4v) is 5.88. The summed E-state index contributed by atoms with van der Waals surface area (Å²) < 4.78 is 0. The first-order valence-corrected chi connectivity index (χ1v) is 9.67. The summed E-state index contributed by atoms with van der Waals surface area (Å²) in [6.45, 7) is 1.89. The van der Waals surface area contributed by atoms with Crippen LogP contribution >= 0.6 is 23.1 Å². The lowest BCUT2D eigenvalue weighted by Crippen LogP contribution is -2.56. The van der Waals surface area contributed by atoms with Crippen LogP contribution in [0.1, 0.15) is 48.3 Å². The van der Waals surface area contributed by atoms with E-state index in [9.17, 15) is 14.7 Å². The van der Waals surface area contributed by atoms with Crippen molar-refractivity contribution in [2.75, 3.05) is 5.75 Å². The van der Waals surface area contributed by atoms with Crippen LogP contribution in [0.15, 0.2) is 11.4 Å². The van der Waals surface area contributed by atoms with Crippen LogP contribution in [0.2, 0.25) is 0 Å². The van der Waals surface area contributed by atoms with E-state index in [4.69, 9.17) is 0 Å². The van der Waals surface area contributed by atoms with Gasteiger partial charge in [-0.15, -0.1) is 23.1 Å². The number of hydrogen-bond donors (Lipinski definition) is 2. The minimum atomic E-state index is -0.796. The van der Waals surface area contributed by atoms with Gasteiger partial charge in [-0.1, -0.05) is 12.8 Å². The van der Waals surface area contributed by atoms with E-state index in [1.807, 2.05) is 18.4 Å². The molecule has 0 radical (unpaired) electrons. The van der Waals surface area contributed by atoms with Gasteiger partial charge in [0, 0.05) is 4.88 Å². The number of amides is 1. The van der Waals surface area contributed by atoms with Crippen LogP contribution in [0.4, 0.5) is 0 Å². The number of thioether (sulfide) groups is 1. The predicted octanol–water partition coefficient (Wildman–Crippen LogP) is 3.23. The number of nitrogens with one attached hydrogen (secondary N) is 1. The number of carboxylic acid groups (broad SMARTS) is 1. The molecule has 120 valence electrons. The quantitative estimate of drug-likeness (QED) is 0.887. The molecule has 6 heteroatoms. The van der Waals surface area contributed by atoms with E-state index in [1.54, 1.807) is 23.1 Å². The Morgan fingerprint density at radius 2 is 2.23 bits per heavy atom. The molecule has 1 aliphatic carbocycles. The molecule has 3 atom stereocenters. The molecule has 1 aliphatic heterocycles. The van der Waals surface area contributed by atoms with E-state index in [-0.39, 0.29) is 11.2 Å². The molecule has 1 fully saturated rings. The van der Waals surface area contributed by atoms with Gasteiger partial charge in [-0.05, 0) is 48.9 Å². The number of thiophene rings is 1. The lowest BCUT2D eigenvalue weighted by molar-refractivity contribution is -0.146. The normalized spacial score (nSPS) is 31.3. The summed E-state index contributed by atoms with van der Waals surface area (Å²) in [6.07, 6.45) is 4.31. The Kier molecular flexibility index (Phi) is 4.50. The number of carbonyl (C=O) groups excluding carboxylic acids is 1. The Bertz CT molecular complexity index is 586. The predicted molar refractivity (Wildman–Crippen MR) is 89.4 cm³/mol.